The number of likely N-dealkylation sites (tertiary alicyclic amines) is 1. The van der Waals surface area contributed by atoms with Crippen molar-refractivity contribution in [2.24, 2.45) is 5.41 Å². The van der Waals surface area contributed by atoms with Crippen LogP contribution >= 0.6 is 0 Å². The summed E-state index contributed by atoms with van der Waals surface area (Å²) >= 11 is 0. The fourth-order valence-corrected chi connectivity index (χ4v) is 5.06. The topological polar surface area (TPSA) is 62.7 Å². The quantitative estimate of drug-likeness (QED) is 0.667. The highest BCUT2D eigenvalue weighted by Crippen LogP contribution is 2.38. The van der Waals surface area contributed by atoms with Gasteiger partial charge < -0.3 is 14.5 Å². The van der Waals surface area contributed by atoms with Crippen molar-refractivity contribution in [3.8, 4) is 11.1 Å². The first-order valence-electron chi connectivity index (χ1n) is 11.8. The number of aromatic nitrogens is 1. The van der Waals surface area contributed by atoms with E-state index in [2.05, 4.69) is 23.2 Å². The monoisotopic (exact) mass is 435 g/mol. The average Bonchev–Trinajstić information content (AvgIpc) is 3.52. The molecule has 0 unspecified atom stereocenters. The third-order valence-corrected chi connectivity index (χ3v) is 6.84. The Hall–Kier alpha value is -2.73. The standard InChI is InChI=1S/C26H33N3O3/c1-3-28(4-2)25(31)26(12-14-29(19-26)24(30)23-11-7-15-32-23)17-20-8-5-9-21(16-20)22-10-6-13-27-18-22/h5-6,8-10,13,16,18,23H,3-4,7,11-12,14-15,17,19H2,1-2H3/t23-,26-/m0/s1. The molecule has 6 nitrogen and oxygen atoms in total. The average molecular weight is 436 g/mol. The minimum Gasteiger partial charge on any atom is -0.368 e. The Kier molecular flexibility index (Phi) is 6.89. The lowest BCUT2D eigenvalue weighted by Crippen LogP contribution is -2.48. The molecule has 6 heteroatoms. The van der Waals surface area contributed by atoms with Crippen LogP contribution in [0.1, 0.15) is 38.7 Å². The molecule has 2 fully saturated rings. The zero-order valence-corrected chi connectivity index (χ0v) is 19.1. The fourth-order valence-electron chi connectivity index (χ4n) is 5.06. The van der Waals surface area contributed by atoms with Crippen molar-refractivity contribution in [1.82, 2.24) is 14.8 Å². The second-order valence-corrected chi connectivity index (χ2v) is 8.89. The Morgan fingerprint density at radius 3 is 2.69 bits per heavy atom. The first-order chi connectivity index (χ1) is 15.6. The van der Waals surface area contributed by atoms with E-state index in [9.17, 15) is 9.59 Å². The molecule has 2 aliphatic heterocycles. The van der Waals surface area contributed by atoms with Crippen molar-refractivity contribution in [3.63, 3.8) is 0 Å². The van der Waals surface area contributed by atoms with Gasteiger partial charge in [-0.25, -0.2) is 0 Å². The van der Waals surface area contributed by atoms with Gasteiger partial charge in [0, 0.05) is 45.2 Å². The van der Waals surface area contributed by atoms with E-state index >= 15 is 0 Å². The summed E-state index contributed by atoms with van der Waals surface area (Å²) in [5, 5.41) is 0. The van der Waals surface area contributed by atoms with Crippen LogP contribution in [0.3, 0.4) is 0 Å². The van der Waals surface area contributed by atoms with Crippen LogP contribution in [0.4, 0.5) is 0 Å². The maximum Gasteiger partial charge on any atom is 0.251 e. The lowest BCUT2D eigenvalue weighted by atomic mass is 9.79. The van der Waals surface area contributed by atoms with Gasteiger partial charge in [0.2, 0.25) is 5.91 Å². The second-order valence-electron chi connectivity index (χ2n) is 8.89. The SMILES string of the molecule is CCN(CC)C(=O)[C@]1(Cc2cccc(-c3cccnc3)c2)CCN(C(=O)[C@@H]2CCCO2)C1. The van der Waals surface area contributed by atoms with Crippen LogP contribution in [0.15, 0.2) is 48.8 Å². The van der Waals surface area contributed by atoms with E-state index in [1.165, 1.54) is 0 Å². The van der Waals surface area contributed by atoms with Crippen LogP contribution in [0.25, 0.3) is 11.1 Å². The number of carbonyl (C=O) groups excluding carboxylic acids is 2. The number of ether oxygens (including phenoxy) is 1. The van der Waals surface area contributed by atoms with Crippen LogP contribution in [0, 0.1) is 5.41 Å². The lowest BCUT2D eigenvalue weighted by molar-refractivity contribution is -0.144. The number of carbonyl (C=O) groups is 2. The normalized spacial score (nSPS) is 22.8. The molecule has 0 bridgehead atoms. The summed E-state index contributed by atoms with van der Waals surface area (Å²) in [4.78, 5) is 34.8. The third-order valence-electron chi connectivity index (χ3n) is 6.84. The largest absolute Gasteiger partial charge is 0.368 e. The molecule has 0 radical (unpaired) electrons. The summed E-state index contributed by atoms with van der Waals surface area (Å²) in [5.41, 5.74) is 2.65. The van der Waals surface area contributed by atoms with Gasteiger partial charge in [0.15, 0.2) is 0 Å². The molecular formula is C26H33N3O3. The molecule has 0 spiro atoms. The highest BCUT2D eigenvalue weighted by molar-refractivity contribution is 5.87. The number of nitrogens with zero attached hydrogens (tertiary/aromatic N) is 3. The van der Waals surface area contributed by atoms with Gasteiger partial charge in [-0.05, 0) is 62.3 Å². The Morgan fingerprint density at radius 1 is 1.19 bits per heavy atom. The van der Waals surface area contributed by atoms with E-state index in [-0.39, 0.29) is 17.9 Å². The lowest BCUT2D eigenvalue weighted by Gasteiger charge is -2.34. The van der Waals surface area contributed by atoms with E-state index in [0.717, 1.165) is 29.5 Å². The van der Waals surface area contributed by atoms with E-state index in [4.69, 9.17) is 4.74 Å². The zero-order valence-electron chi connectivity index (χ0n) is 19.1. The molecular weight excluding hydrogens is 402 g/mol. The maximum atomic E-state index is 13.7. The molecule has 4 rings (SSSR count). The highest BCUT2D eigenvalue weighted by Gasteiger charge is 2.48. The molecule has 0 aliphatic carbocycles. The molecule has 0 saturated carbocycles. The van der Waals surface area contributed by atoms with E-state index in [1.807, 2.05) is 48.0 Å². The molecule has 1 aromatic carbocycles. The highest BCUT2D eigenvalue weighted by atomic mass is 16.5. The predicted molar refractivity (Wildman–Crippen MR) is 124 cm³/mol. The van der Waals surface area contributed by atoms with Gasteiger partial charge in [0.05, 0.1) is 5.41 Å². The van der Waals surface area contributed by atoms with Crippen LogP contribution in [-0.2, 0) is 20.7 Å². The van der Waals surface area contributed by atoms with Gasteiger partial charge in [-0.2, -0.15) is 0 Å². The van der Waals surface area contributed by atoms with Gasteiger partial charge in [-0.1, -0.05) is 30.3 Å². The minimum atomic E-state index is -0.603. The van der Waals surface area contributed by atoms with Crippen LogP contribution in [-0.4, -0.2) is 65.5 Å². The number of benzene rings is 1. The molecule has 1 aromatic heterocycles. The fraction of sp³-hybridized carbons (Fsp3) is 0.500. The number of hydrogen-bond acceptors (Lipinski definition) is 4. The molecule has 2 atom stereocenters. The van der Waals surface area contributed by atoms with Gasteiger partial charge in [0.25, 0.3) is 5.91 Å². The van der Waals surface area contributed by atoms with Crippen molar-refractivity contribution in [3.05, 3.63) is 54.4 Å². The molecule has 3 heterocycles. The summed E-state index contributed by atoms with van der Waals surface area (Å²) in [6.45, 7) is 7.09. The summed E-state index contributed by atoms with van der Waals surface area (Å²) < 4.78 is 5.64. The summed E-state index contributed by atoms with van der Waals surface area (Å²) in [5.74, 6) is 0.192. The molecule has 0 N–H and O–H groups in total. The van der Waals surface area contributed by atoms with Crippen molar-refractivity contribution in [2.45, 2.75) is 45.6 Å². The maximum absolute atomic E-state index is 13.7. The molecule has 170 valence electrons. The molecule has 2 aliphatic rings. The van der Waals surface area contributed by atoms with E-state index in [1.54, 1.807) is 6.20 Å². The number of amides is 2. The van der Waals surface area contributed by atoms with Crippen LogP contribution in [0.2, 0.25) is 0 Å². The van der Waals surface area contributed by atoms with Gasteiger partial charge in [-0.15, -0.1) is 0 Å². The molecule has 2 aromatic rings. The summed E-state index contributed by atoms with van der Waals surface area (Å²) in [6.07, 6.45) is 6.28. The van der Waals surface area contributed by atoms with Gasteiger partial charge in [0.1, 0.15) is 6.10 Å². The first-order valence-corrected chi connectivity index (χ1v) is 11.8. The molecule has 2 saturated heterocycles. The minimum absolute atomic E-state index is 0.0424. The first kappa shape index (κ1) is 22.5. The number of pyridine rings is 1. The Balaban J connectivity index is 1.61. The predicted octanol–water partition coefficient (Wildman–Crippen LogP) is 3.56. The Bertz CT molecular complexity index is 938. The van der Waals surface area contributed by atoms with Crippen molar-refractivity contribution in [1.29, 1.82) is 0 Å². The third kappa shape index (κ3) is 4.56. The smallest absolute Gasteiger partial charge is 0.251 e. The zero-order chi connectivity index (χ0) is 22.6. The molecule has 2 amide bonds. The Morgan fingerprint density at radius 2 is 2.00 bits per heavy atom. The van der Waals surface area contributed by atoms with Crippen molar-refractivity contribution < 1.29 is 14.3 Å². The van der Waals surface area contributed by atoms with Gasteiger partial charge in [-0.3, -0.25) is 14.6 Å². The van der Waals surface area contributed by atoms with Crippen molar-refractivity contribution in [2.75, 3.05) is 32.8 Å². The van der Waals surface area contributed by atoms with Gasteiger partial charge >= 0.3 is 0 Å². The second kappa shape index (κ2) is 9.82. The number of hydrogen-bond donors (Lipinski definition) is 0. The summed E-state index contributed by atoms with van der Waals surface area (Å²) in [7, 11) is 0. The Labute approximate surface area is 190 Å². The van der Waals surface area contributed by atoms with Crippen LogP contribution in [0.5, 0.6) is 0 Å². The summed E-state index contributed by atoms with van der Waals surface area (Å²) in [6, 6.07) is 12.3. The number of rotatable bonds is 7. The van der Waals surface area contributed by atoms with Crippen molar-refractivity contribution >= 4 is 11.8 Å². The molecule has 32 heavy (non-hydrogen) atoms. The van der Waals surface area contributed by atoms with E-state index < -0.39 is 5.41 Å². The van der Waals surface area contributed by atoms with E-state index in [0.29, 0.717) is 45.6 Å². The van der Waals surface area contributed by atoms with Crippen LogP contribution < -0.4 is 0 Å².